The molecule has 0 aliphatic heterocycles. The van der Waals surface area contributed by atoms with E-state index in [0.29, 0.717) is 10.8 Å². The fourth-order valence-electron chi connectivity index (χ4n) is 0.769. The van der Waals surface area contributed by atoms with Gasteiger partial charge in [-0.3, -0.25) is 4.79 Å². The summed E-state index contributed by atoms with van der Waals surface area (Å²) in [6.07, 6.45) is 0. The molecular formula is C8H10ClN3O2S. The van der Waals surface area contributed by atoms with Crippen LogP contribution in [0.25, 0.3) is 0 Å². The maximum absolute atomic E-state index is 10.6. The first-order valence-corrected chi connectivity index (χ1v) is 5.51. The first-order valence-electron chi connectivity index (χ1n) is 4.14. The van der Waals surface area contributed by atoms with E-state index in [0.717, 1.165) is 0 Å². The third kappa shape index (κ3) is 3.93. The van der Waals surface area contributed by atoms with E-state index in [1.807, 2.05) is 0 Å². The maximum Gasteiger partial charge on any atom is 0.307 e. The molecule has 1 unspecified atom stereocenters. The topological polar surface area (TPSA) is 89.1 Å². The standard InChI is InChI=1S/C8H10ClN3O2S/c1-4(7(13)14)3-15-6-2-5(9)11-8(10)12-6/h2,4H,3H2,1H3,(H,13,14)(H2,10,11,12). The van der Waals surface area contributed by atoms with Gasteiger partial charge >= 0.3 is 5.97 Å². The Bertz CT molecular complexity index is 355. The fourth-order valence-corrected chi connectivity index (χ4v) is 1.94. The second-order valence-corrected chi connectivity index (χ2v) is 4.36. The lowest BCUT2D eigenvalue weighted by atomic mass is 10.2. The molecule has 0 radical (unpaired) electrons. The molecule has 0 aliphatic carbocycles. The van der Waals surface area contributed by atoms with Gasteiger partial charge in [-0.05, 0) is 0 Å². The van der Waals surface area contributed by atoms with Crippen molar-refractivity contribution >= 4 is 35.3 Å². The first kappa shape index (κ1) is 12.1. The van der Waals surface area contributed by atoms with Crippen molar-refractivity contribution in [1.29, 1.82) is 0 Å². The molecule has 0 saturated heterocycles. The van der Waals surface area contributed by atoms with Crippen molar-refractivity contribution in [2.75, 3.05) is 11.5 Å². The monoisotopic (exact) mass is 247 g/mol. The molecule has 1 atom stereocenters. The molecule has 0 aromatic carbocycles. The van der Waals surface area contributed by atoms with Gasteiger partial charge < -0.3 is 10.8 Å². The van der Waals surface area contributed by atoms with E-state index in [2.05, 4.69) is 9.97 Å². The van der Waals surface area contributed by atoms with Crippen LogP contribution in [-0.4, -0.2) is 26.8 Å². The van der Waals surface area contributed by atoms with Gasteiger partial charge in [0.25, 0.3) is 0 Å². The lowest BCUT2D eigenvalue weighted by Gasteiger charge is -2.05. The van der Waals surface area contributed by atoms with Crippen LogP contribution in [0.2, 0.25) is 5.15 Å². The minimum Gasteiger partial charge on any atom is -0.481 e. The van der Waals surface area contributed by atoms with Crippen LogP contribution in [0.4, 0.5) is 5.95 Å². The minimum atomic E-state index is -0.837. The number of hydrogen-bond donors (Lipinski definition) is 2. The Hall–Kier alpha value is -1.01. The molecule has 1 aromatic heterocycles. The molecule has 0 amide bonds. The largest absolute Gasteiger partial charge is 0.481 e. The molecule has 0 aliphatic rings. The highest BCUT2D eigenvalue weighted by Crippen LogP contribution is 2.21. The second kappa shape index (κ2) is 5.18. The number of carbonyl (C=O) groups is 1. The molecule has 5 nitrogen and oxygen atoms in total. The average Bonchev–Trinajstić information content (AvgIpc) is 2.12. The molecule has 15 heavy (non-hydrogen) atoms. The number of carboxylic acid groups (broad SMARTS) is 1. The third-order valence-electron chi connectivity index (χ3n) is 1.59. The van der Waals surface area contributed by atoms with E-state index >= 15 is 0 Å². The number of aliphatic carboxylic acids is 1. The zero-order valence-electron chi connectivity index (χ0n) is 7.98. The maximum atomic E-state index is 10.6. The molecular weight excluding hydrogens is 238 g/mol. The number of hydrogen-bond acceptors (Lipinski definition) is 5. The Morgan fingerprint density at radius 1 is 1.73 bits per heavy atom. The average molecular weight is 248 g/mol. The van der Waals surface area contributed by atoms with Crippen LogP contribution in [0.5, 0.6) is 0 Å². The summed E-state index contributed by atoms with van der Waals surface area (Å²) in [5.74, 6) is -0.768. The highest BCUT2D eigenvalue weighted by molar-refractivity contribution is 7.99. The zero-order chi connectivity index (χ0) is 11.4. The van der Waals surface area contributed by atoms with Gasteiger partial charge in [0.2, 0.25) is 5.95 Å². The van der Waals surface area contributed by atoms with Gasteiger partial charge in [-0.15, -0.1) is 11.8 Å². The smallest absolute Gasteiger partial charge is 0.307 e. The van der Waals surface area contributed by atoms with Gasteiger partial charge in [0, 0.05) is 11.8 Å². The Morgan fingerprint density at radius 3 is 2.93 bits per heavy atom. The molecule has 7 heteroatoms. The van der Waals surface area contributed by atoms with Crippen molar-refractivity contribution in [3.63, 3.8) is 0 Å². The van der Waals surface area contributed by atoms with Gasteiger partial charge in [0.1, 0.15) is 10.2 Å². The molecule has 0 spiro atoms. The predicted octanol–water partition coefficient (Wildman–Crippen LogP) is 1.53. The van der Waals surface area contributed by atoms with Gasteiger partial charge in [-0.2, -0.15) is 0 Å². The summed E-state index contributed by atoms with van der Waals surface area (Å²) in [6, 6.07) is 1.55. The molecule has 0 fully saturated rings. The number of nitrogens with two attached hydrogens (primary N) is 1. The van der Waals surface area contributed by atoms with Crippen LogP contribution < -0.4 is 5.73 Å². The lowest BCUT2D eigenvalue weighted by Crippen LogP contribution is -2.11. The summed E-state index contributed by atoms with van der Waals surface area (Å²) in [7, 11) is 0. The zero-order valence-corrected chi connectivity index (χ0v) is 9.55. The number of anilines is 1. The second-order valence-electron chi connectivity index (χ2n) is 2.94. The normalized spacial score (nSPS) is 12.4. The van der Waals surface area contributed by atoms with Crippen molar-refractivity contribution in [3.05, 3.63) is 11.2 Å². The number of rotatable bonds is 4. The first-order chi connectivity index (χ1) is 6.99. The molecule has 82 valence electrons. The van der Waals surface area contributed by atoms with E-state index in [1.165, 1.54) is 11.8 Å². The van der Waals surface area contributed by atoms with Gasteiger partial charge in [-0.25, -0.2) is 9.97 Å². The van der Waals surface area contributed by atoms with Crippen LogP contribution in [0.15, 0.2) is 11.1 Å². The number of nitrogens with zero attached hydrogens (tertiary/aromatic N) is 2. The van der Waals surface area contributed by atoms with E-state index < -0.39 is 11.9 Å². The van der Waals surface area contributed by atoms with Crippen LogP contribution in [0.1, 0.15) is 6.92 Å². The Kier molecular flexibility index (Phi) is 4.16. The summed E-state index contributed by atoms with van der Waals surface area (Å²) in [5.41, 5.74) is 5.39. The van der Waals surface area contributed by atoms with E-state index in [9.17, 15) is 4.79 Å². The number of aromatic nitrogens is 2. The third-order valence-corrected chi connectivity index (χ3v) is 2.96. The van der Waals surface area contributed by atoms with Gasteiger partial charge in [0.05, 0.1) is 5.92 Å². The minimum absolute atomic E-state index is 0.0907. The molecule has 1 rings (SSSR count). The molecule has 1 aromatic rings. The number of nitrogen functional groups attached to an aromatic ring is 1. The van der Waals surface area contributed by atoms with Crippen molar-refractivity contribution in [2.24, 2.45) is 5.92 Å². The van der Waals surface area contributed by atoms with E-state index in [1.54, 1.807) is 13.0 Å². The van der Waals surface area contributed by atoms with Crippen molar-refractivity contribution in [3.8, 4) is 0 Å². The van der Waals surface area contributed by atoms with E-state index in [-0.39, 0.29) is 11.1 Å². The highest BCUT2D eigenvalue weighted by Gasteiger charge is 2.12. The van der Waals surface area contributed by atoms with Crippen molar-refractivity contribution < 1.29 is 9.90 Å². The quantitative estimate of drug-likeness (QED) is 0.620. The lowest BCUT2D eigenvalue weighted by molar-refractivity contribution is -0.140. The molecule has 0 saturated carbocycles. The Balaban J connectivity index is 2.61. The summed E-state index contributed by atoms with van der Waals surface area (Å²) >= 11 is 6.96. The Labute approximate surface area is 96.1 Å². The van der Waals surface area contributed by atoms with Crippen molar-refractivity contribution in [1.82, 2.24) is 9.97 Å². The molecule has 3 N–H and O–H groups in total. The summed E-state index contributed by atoms with van der Waals surface area (Å²) in [5, 5.41) is 9.51. The van der Waals surface area contributed by atoms with Crippen molar-refractivity contribution in [2.45, 2.75) is 11.9 Å². The number of halogens is 1. The van der Waals surface area contributed by atoms with Crippen LogP contribution in [0.3, 0.4) is 0 Å². The molecule has 1 heterocycles. The van der Waals surface area contributed by atoms with E-state index in [4.69, 9.17) is 22.4 Å². The Morgan fingerprint density at radius 2 is 2.40 bits per heavy atom. The summed E-state index contributed by atoms with van der Waals surface area (Å²) in [4.78, 5) is 18.2. The van der Waals surface area contributed by atoms with Crippen LogP contribution >= 0.6 is 23.4 Å². The summed E-state index contributed by atoms with van der Waals surface area (Å²) < 4.78 is 0. The SMILES string of the molecule is CC(CSc1cc(Cl)nc(N)n1)C(=O)O. The summed E-state index contributed by atoms with van der Waals surface area (Å²) in [6.45, 7) is 1.63. The predicted molar refractivity (Wildman–Crippen MR) is 59.0 cm³/mol. The fraction of sp³-hybridized carbons (Fsp3) is 0.375. The molecule has 0 bridgehead atoms. The van der Waals surface area contributed by atoms with Crippen LogP contribution in [0, 0.1) is 5.92 Å². The number of thioether (sulfide) groups is 1. The van der Waals surface area contributed by atoms with Crippen LogP contribution in [-0.2, 0) is 4.79 Å². The highest BCUT2D eigenvalue weighted by atomic mass is 35.5. The van der Waals surface area contributed by atoms with Gasteiger partial charge in [0.15, 0.2) is 0 Å². The van der Waals surface area contributed by atoms with Gasteiger partial charge in [-0.1, -0.05) is 18.5 Å². The number of carboxylic acids is 1.